The first-order valence-electron chi connectivity index (χ1n) is 3.70. The summed E-state index contributed by atoms with van der Waals surface area (Å²) in [6.07, 6.45) is 0. The maximum absolute atomic E-state index is 12.4. The van der Waals surface area contributed by atoms with E-state index in [-0.39, 0.29) is 5.82 Å². The van der Waals surface area contributed by atoms with E-state index in [4.69, 9.17) is 0 Å². The fourth-order valence-electron chi connectivity index (χ4n) is 0.879. The van der Waals surface area contributed by atoms with Crippen LogP contribution in [0.5, 0.6) is 0 Å². The van der Waals surface area contributed by atoms with E-state index < -0.39 is 14.4 Å². The molecule has 11 heavy (non-hydrogen) atoms. The first-order chi connectivity index (χ1) is 5.18. The van der Waals surface area contributed by atoms with Gasteiger partial charge in [-0.1, -0.05) is 11.6 Å². The number of nitrogens with one attached hydrogen (secondary N) is 1. The van der Waals surface area contributed by atoms with Crippen LogP contribution in [0.2, 0.25) is 11.6 Å². The van der Waals surface area contributed by atoms with Gasteiger partial charge in [-0.05, 0) is 24.3 Å². The summed E-state index contributed by atoms with van der Waals surface area (Å²) in [6, 6.07) is 6.48. The molecule has 0 unspecified atom stereocenters. The van der Waals surface area contributed by atoms with Gasteiger partial charge in [0, 0.05) is 5.69 Å². The molecule has 0 aliphatic heterocycles. The van der Waals surface area contributed by atoms with Crippen molar-refractivity contribution in [2.24, 2.45) is 0 Å². The van der Waals surface area contributed by atoms with Gasteiger partial charge in [-0.15, -0.1) is 0 Å². The van der Waals surface area contributed by atoms with E-state index in [2.05, 4.69) is 15.9 Å². The Balaban J connectivity index is 2.66. The van der Waals surface area contributed by atoms with Crippen LogP contribution in [-0.4, -0.2) is 14.4 Å². The Labute approximate surface area is 70.8 Å². The van der Waals surface area contributed by atoms with Gasteiger partial charge in [-0.3, -0.25) is 0 Å². The number of benzene rings is 1. The van der Waals surface area contributed by atoms with Crippen LogP contribution in [-0.2, 0) is 0 Å². The molecule has 1 aromatic carbocycles. The molecule has 1 nitrogen and oxygen atoms in total. The first kappa shape index (κ1) is 8.58. The van der Waals surface area contributed by atoms with Crippen LogP contribution in [0, 0.1) is 5.82 Å². The van der Waals surface area contributed by atoms with Gasteiger partial charge in [0.25, 0.3) is 0 Å². The molecule has 0 amide bonds. The standard InChI is InChI=1S/C6H5FN.2CH3.Al/c7-5-1-3-6(8)4-2-5;;;/h1-4,8H;2*1H3;/q-1;;;+1. The van der Waals surface area contributed by atoms with Crippen molar-refractivity contribution >= 4 is 20.1 Å². The first-order valence-corrected chi connectivity index (χ1v) is 6.59. The Morgan fingerprint density at radius 1 is 1.18 bits per heavy atom. The van der Waals surface area contributed by atoms with Crippen molar-refractivity contribution in [1.29, 1.82) is 0 Å². The van der Waals surface area contributed by atoms with Gasteiger partial charge in [-0.25, -0.2) is 4.39 Å². The number of halogens is 1. The Morgan fingerprint density at radius 2 is 1.73 bits per heavy atom. The molecule has 0 atom stereocenters. The lowest BCUT2D eigenvalue weighted by Gasteiger charge is -2.05. The third kappa shape index (κ3) is 2.92. The summed E-state index contributed by atoms with van der Waals surface area (Å²) >= 11 is -0.785. The molecule has 0 radical (unpaired) electrons. The summed E-state index contributed by atoms with van der Waals surface area (Å²) in [5, 5.41) is 0. The van der Waals surface area contributed by atoms with Crippen LogP contribution in [0.15, 0.2) is 24.3 Å². The molecular weight excluding hydrogens is 156 g/mol. The average molecular weight is 167 g/mol. The molecule has 0 saturated carbocycles. The van der Waals surface area contributed by atoms with Crippen molar-refractivity contribution in [2.75, 3.05) is 4.30 Å². The molecule has 0 saturated heterocycles. The maximum atomic E-state index is 12.4. The number of hydrogen-bond donors (Lipinski definition) is 1. The lowest BCUT2D eigenvalue weighted by molar-refractivity contribution is 0.628. The van der Waals surface area contributed by atoms with Crippen molar-refractivity contribution in [3.05, 3.63) is 30.1 Å². The van der Waals surface area contributed by atoms with E-state index in [0.717, 1.165) is 5.69 Å². The van der Waals surface area contributed by atoms with Crippen molar-refractivity contribution in [2.45, 2.75) is 11.6 Å². The Hall–Kier alpha value is -0.518. The van der Waals surface area contributed by atoms with E-state index in [9.17, 15) is 4.39 Å². The predicted molar refractivity (Wildman–Crippen MR) is 47.5 cm³/mol. The average Bonchev–Trinajstić information content (AvgIpc) is 1.93. The summed E-state index contributed by atoms with van der Waals surface area (Å²) < 4.78 is 15.7. The van der Waals surface area contributed by atoms with Crippen LogP contribution in [0.4, 0.5) is 10.1 Å². The molecular formula is C8H11AlFN. The second-order valence-corrected chi connectivity index (χ2v) is 5.40. The van der Waals surface area contributed by atoms with Gasteiger partial charge >= 0.3 is 14.4 Å². The summed E-state index contributed by atoms with van der Waals surface area (Å²) in [7, 11) is 0. The summed E-state index contributed by atoms with van der Waals surface area (Å²) in [6.45, 7) is 0. The highest BCUT2D eigenvalue weighted by Gasteiger charge is 2.01. The van der Waals surface area contributed by atoms with E-state index in [0.29, 0.717) is 0 Å². The quantitative estimate of drug-likeness (QED) is 0.667. The monoisotopic (exact) mass is 167 g/mol. The molecule has 0 aromatic heterocycles. The minimum absolute atomic E-state index is 0.180. The topological polar surface area (TPSA) is 12.0 Å². The third-order valence-electron chi connectivity index (χ3n) is 1.30. The smallest absolute Gasteiger partial charge is 0.404 e. The normalized spacial score (nSPS) is 9.36. The number of anilines is 1. The van der Waals surface area contributed by atoms with Gasteiger partial charge in [0.15, 0.2) is 0 Å². The van der Waals surface area contributed by atoms with Crippen molar-refractivity contribution < 1.29 is 4.39 Å². The zero-order valence-electron chi connectivity index (χ0n) is 6.76. The summed E-state index contributed by atoms with van der Waals surface area (Å²) in [5.74, 6) is 4.19. The second kappa shape index (κ2) is 3.75. The van der Waals surface area contributed by atoms with Crippen molar-refractivity contribution in [1.82, 2.24) is 0 Å². The minimum atomic E-state index is -0.785. The molecule has 0 fully saturated rings. The van der Waals surface area contributed by atoms with Crippen molar-refractivity contribution in [3.8, 4) is 0 Å². The highest BCUT2D eigenvalue weighted by atomic mass is 27.2. The van der Waals surface area contributed by atoms with Gasteiger partial charge in [0.2, 0.25) is 0 Å². The molecule has 58 valence electrons. The molecule has 1 N–H and O–H groups in total. The highest BCUT2D eigenvalue weighted by Crippen LogP contribution is 2.08. The maximum Gasteiger partial charge on any atom is 0.404 e. The Bertz CT molecular complexity index is 220. The van der Waals surface area contributed by atoms with Crippen LogP contribution >= 0.6 is 0 Å². The van der Waals surface area contributed by atoms with Gasteiger partial charge in [0.1, 0.15) is 5.82 Å². The van der Waals surface area contributed by atoms with Crippen molar-refractivity contribution in [3.63, 3.8) is 0 Å². The lowest BCUT2D eigenvalue weighted by atomic mass is 10.3. The lowest BCUT2D eigenvalue weighted by Crippen LogP contribution is -2.14. The molecule has 1 rings (SSSR count). The number of rotatable bonds is 2. The molecule has 3 heteroatoms. The van der Waals surface area contributed by atoms with Crippen LogP contribution < -0.4 is 4.30 Å². The zero-order valence-corrected chi connectivity index (χ0v) is 7.92. The predicted octanol–water partition coefficient (Wildman–Crippen LogP) is 2.49. The van der Waals surface area contributed by atoms with Crippen LogP contribution in [0.3, 0.4) is 0 Å². The van der Waals surface area contributed by atoms with E-state index in [1.54, 1.807) is 12.1 Å². The zero-order chi connectivity index (χ0) is 8.27. The highest BCUT2D eigenvalue weighted by molar-refractivity contribution is 6.59. The van der Waals surface area contributed by atoms with Crippen LogP contribution in [0.1, 0.15) is 0 Å². The SMILES string of the molecule is [CH3][Al]([CH3])[NH]c1ccc(F)cc1. The van der Waals surface area contributed by atoms with E-state index >= 15 is 0 Å². The minimum Gasteiger partial charge on any atom is -0.476 e. The molecule has 0 heterocycles. The van der Waals surface area contributed by atoms with Gasteiger partial charge in [-0.2, -0.15) is 0 Å². The largest absolute Gasteiger partial charge is 0.476 e. The molecule has 0 aliphatic rings. The second-order valence-electron chi connectivity index (χ2n) is 2.81. The van der Waals surface area contributed by atoms with E-state index in [1.807, 2.05) is 0 Å². The summed E-state index contributed by atoms with van der Waals surface area (Å²) in [5.41, 5.74) is 1.02. The molecule has 0 spiro atoms. The third-order valence-corrected chi connectivity index (χ3v) is 2.21. The van der Waals surface area contributed by atoms with Gasteiger partial charge in [0.05, 0.1) is 0 Å². The van der Waals surface area contributed by atoms with E-state index in [1.165, 1.54) is 12.1 Å². The molecule has 0 aliphatic carbocycles. The molecule has 1 aromatic rings. The van der Waals surface area contributed by atoms with Gasteiger partial charge < -0.3 is 4.30 Å². The van der Waals surface area contributed by atoms with Crippen LogP contribution in [0.25, 0.3) is 0 Å². The Kier molecular flexibility index (Phi) is 2.93. The Morgan fingerprint density at radius 3 is 2.18 bits per heavy atom. The fourth-order valence-corrected chi connectivity index (χ4v) is 1.74. The summed E-state index contributed by atoms with van der Waals surface area (Å²) in [4.78, 5) is 0. The fraction of sp³-hybridized carbons (Fsp3) is 0.250. The molecule has 0 bridgehead atoms. The number of hydrogen-bond acceptors (Lipinski definition) is 1.